The predicted octanol–water partition coefficient (Wildman–Crippen LogP) is 8.30. The molecule has 5 aliphatic carbocycles. The minimum Gasteiger partial charge on any atom is -0.393 e. The van der Waals surface area contributed by atoms with Crippen molar-refractivity contribution in [2.75, 3.05) is 0 Å². The Balaban J connectivity index is 1.23. The summed E-state index contributed by atoms with van der Waals surface area (Å²) in [5.41, 5.74) is -2.21. The average Bonchev–Trinajstić information content (AvgIpc) is 3.20. The van der Waals surface area contributed by atoms with Gasteiger partial charge in [-0.2, -0.15) is 13.2 Å². The zero-order valence-electron chi connectivity index (χ0n) is 23.0. The lowest BCUT2D eigenvalue weighted by Crippen LogP contribution is -2.59. The van der Waals surface area contributed by atoms with Crippen LogP contribution >= 0.6 is 0 Å². The van der Waals surface area contributed by atoms with E-state index in [1.807, 2.05) is 0 Å². The van der Waals surface area contributed by atoms with Gasteiger partial charge < -0.3 is 10.2 Å². The Hall–Kier alpha value is -0.290. The molecule has 5 aliphatic rings. The van der Waals surface area contributed by atoms with E-state index in [0.29, 0.717) is 47.3 Å². The van der Waals surface area contributed by atoms with Crippen LogP contribution in [0.2, 0.25) is 0 Å². The monoisotopic (exact) mass is 512 g/mol. The highest BCUT2D eigenvalue weighted by atomic mass is 19.4. The summed E-state index contributed by atoms with van der Waals surface area (Å²) in [7, 11) is 0. The standard InChI is InChI=1S/C31H51F3O2/c1-20(9-14-27(35)21-7-5-4-6-8-21)24-12-13-25-23-11-10-22-19-30(36,31(32,33)34)18-17-28(22,2)26(23)15-16-29(24,25)3/h20-27,35-36H,4-19H2,1-3H3/t20-,22+,23+,24?,25?,26+,27+,28+,29-,30+/m1/s1. The fourth-order valence-corrected chi connectivity index (χ4v) is 10.9. The number of rotatable bonds is 5. The molecule has 5 saturated carbocycles. The third kappa shape index (κ3) is 4.48. The lowest BCUT2D eigenvalue weighted by molar-refractivity contribution is -0.290. The molecule has 5 fully saturated rings. The SMILES string of the molecule is C[C@H](CC[C@H](O)C1CCCCC1)C1CCC2[C@@H]3CC[C@H]4C[C@](O)(C(F)(F)F)CC[C@]4(C)[C@H]3CC[C@]12C. The van der Waals surface area contributed by atoms with Crippen molar-refractivity contribution in [3.8, 4) is 0 Å². The highest BCUT2D eigenvalue weighted by Crippen LogP contribution is 2.69. The molecular weight excluding hydrogens is 461 g/mol. The van der Waals surface area contributed by atoms with Crippen LogP contribution in [-0.4, -0.2) is 28.1 Å². The van der Waals surface area contributed by atoms with E-state index in [2.05, 4.69) is 20.8 Å². The number of hydrogen-bond donors (Lipinski definition) is 2. The maximum atomic E-state index is 13.6. The quantitative estimate of drug-likeness (QED) is 0.389. The van der Waals surface area contributed by atoms with Crippen LogP contribution < -0.4 is 0 Å². The molecule has 0 aromatic rings. The van der Waals surface area contributed by atoms with E-state index in [0.717, 1.165) is 32.1 Å². The number of aliphatic hydroxyl groups is 2. The van der Waals surface area contributed by atoms with Crippen LogP contribution in [0, 0.1) is 52.3 Å². The van der Waals surface area contributed by atoms with Gasteiger partial charge in [-0.05, 0) is 136 Å². The van der Waals surface area contributed by atoms with Crippen LogP contribution in [0.3, 0.4) is 0 Å². The normalized spacial score (nSPS) is 47.5. The third-order valence-electron chi connectivity index (χ3n) is 13.1. The van der Waals surface area contributed by atoms with Crippen molar-refractivity contribution in [1.82, 2.24) is 0 Å². The molecule has 0 radical (unpaired) electrons. The molecule has 0 aliphatic heterocycles. The molecule has 0 saturated heterocycles. The summed E-state index contributed by atoms with van der Waals surface area (Å²) >= 11 is 0. The summed E-state index contributed by atoms with van der Waals surface area (Å²) < 4.78 is 40.9. The lowest BCUT2D eigenvalue weighted by Gasteiger charge is -2.62. The van der Waals surface area contributed by atoms with Gasteiger partial charge in [-0.25, -0.2) is 0 Å². The Bertz CT molecular complexity index is 778. The van der Waals surface area contributed by atoms with Gasteiger partial charge in [-0.3, -0.25) is 0 Å². The molecule has 2 nitrogen and oxygen atoms in total. The molecule has 0 spiro atoms. The minimum absolute atomic E-state index is 0.0131. The molecule has 2 N–H and O–H groups in total. The second-order valence-corrected chi connectivity index (χ2v) is 14.6. The zero-order valence-corrected chi connectivity index (χ0v) is 23.0. The maximum absolute atomic E-state index is 13.6. The van der Waals surface area contributed by atoms with Gasteiger partial charge in [0, 0.05) is 0 Å². The highest BCUT2D eigenvalue weighted by molar-refractivity contribution is 5.11. The second kappa shape index (κ2) is 9.72. The van der Waals surface area contributed by atoms with Crippen LogP contribution in [0.5, 0.6) is 0 Å². The van der Waals surface area contributed by atoms with E-state index in [9.17, 15) is 23.4 Å². The number of halogens is 3. The van der Waals surface area contributed by atoms with Crippen molar-refractivity contribution < 1.29 is 23.4 Å². The Kier molecular flexibility index (Phi) is 7.36. The molecular formula is C31H51F3O2. The summed E-state index contributed by atoms with van der Waals surface area (Å²) in [4.78, 5) is 0. The Labute approximate surface area is 217 Å². The van der Waals surface area contributed by atoms with Crippen LogP contribution in [0.25, 0.3) is 0 Å². The topological polar surface area (TPSA) is 40.5 Å². The first-order valence-corrected chi connectivity index (χ1v) is 15.4. The molecule has 5 heteroatoms. The Morgan fingerprint density at radius 1 is 0.806 bits per heavy atom. The second-order valence-electron chi connectivity index (χ2n) is 14.6. The van der Waals surface area contributed by atoms with Gasteiger partial charge in [-0.1, -0.05) is 40.0 Å². The molecule has 0 heterocycles. The highest BCUT2D eigenvalue weighted by Gasteiger charge is 2.65. The first-order valence-electron chi connectivity index (χ1n) is 15.4. The van der Waals surface area contributed by atoms with Gasteiger partial charge in [0.15, 0.2) is 5.60 Å². The summed E-state index contributed by atoms with van der Waals surface area (Å²) in [5, 5.41) is 21.3. The van der Waals surface area contributed by atoms with Gasteiger partial charge >= 0.3 is 6.18 Å². The van der Waals surface area contributed by atoms with Gasteiger partial charge in [-0.15, -0.1) is 0 Å². The van der Waals surface area contributed by atoms with E-state index in [1.165, 1.54) is 51.4 Å². The summed E-state index contributed by atoms with van der Waals surface area (Å²) in [6, 6.07) is 0. The number of aliphatic hydroxyl groups excluding tert-OH is 1. The van der Waals surface area contributed by atoms with Gasteiger partial charge in [0.2, 0.25) is 0 Å². The van der Waals surface area contributed by atoms with E-state index in [1.54, 1.807) is 0 Å². The number of fused-ring (bicyclic) bond motifs is 5. The number of alkyl halides is 3. The largest absolute Gasteiger partial charge is 0.417 e. The van der Waals surface area contributed by atoms with Crippen molar-refractivity contribution >= 4 is 0 Å². The molecule has 5 rings (SSSR count). The van der Waals surface area contributed by atoms with E-state index >= 15 is 0 Å². The molecule has 0 amide bonds. The van der Waals surface area contributed by atoms with E-state index in [-0.39, 0.29) is 30.3 Å². The van der Waals surface area contributed by atoms with Crippen LogP contribution in [0.4, 0.5) is 13.2 Å². The molecule has 2 unspecified atom stereocenters. The smallest absolute Gasteiger partial charge is 0.393 e. The summed E-state index contributed by atoms with van der Waals surface area (Å²) in [6.45, 7) is 7.24. The van der Waals surface area contributed by atoms with E-state index < -0.39 is 11.8 Å². The third-order valence-corrected chi connectivity index (χ3v) is 13.1. The van der Waals surface area contributed by atoms with Crippen LogP contribution in [0.1, 0.15) is 124 Å². The van der Waals surface area contributed by atoms with Gasteiger partial charge in [0.25, 0.3) is 0 Å². The zero-order chi connectivity index (χ0) is 25.9. The first kappa shape index (κ1) is 27.3. The van der Waals surface area contributed by atoms with E-state index in [4.69, 9.17) is 0 Å². The molecule has 0 aromatic carbocycles. The number of hydrogen-bond acceptors (Lipinski definition) is 2. The summed E-state index contributed by atoms with van der Waals surface area (Å²) in [6.07, 6.45) is 10.7. The fraction of sp³-hybridized carbons (Fsp3) is 1.00. The van der Waals surface area contributed by atoms with Crippen LogP contribution in [0.15, 0.2) is 0 Å². The maximum Gasteiger partial charge on any atom is 0.417 e. The Morgan fingerprint density at radius 3 is 2.19 bits per heavy atom. The molecule has 10 atom stereocenters. The Morgan fingerprint density at radius 2 is 1.50 bits per heavy atom. The predicted molar refractivity (Wildman–Crippen MR) is 137 cm³/mol. The van der Waals surface area contributed by atoms with Crippen molar-refractivity contribution in [2.24, 2.45) is 52.3 Å². The molecule has 208 valence electrons. The lowest BCUT2D eigenvalue weighted by atomic mass is 9.43. The molecule has 0 aromatic heterocycles. The van der Waals surface area contributed by atoms with Gasteiger partial charge in [0.05, 0.1) is 6.10 Å². The van der Waals surface area contributed by atoms with Crippen molar-refractivity contribution in [3.63, 3.8) is 0 Å². The minimum atomic E-state index is -4.52. The van der Waals surface area contributed by atoms with Crippen molar-refractivity contribution in [1.29, 1.82) is 0 Å². The van der Waals surface area contributed by atoms with Gasteiger partial charge in [0.1, 0.15) is 0 Å². The average molecular weight is 513 g/mol. The molecule has 36 heavy (non-hydrogen) atoms. The van der Waals surface area contributed by atoms with Crippen molar-refractivity contribution in [3.05, 3.63) is 0 Å². The summed E-state index contributed by atoms with van der Waals surface area (Å²) in [5.74, 6) is 3.65. The first-order chi connectivity index (χ1) is 16.9. The fourth-order valence-electron chi connectivity index (χ4n) is 10.9. The van der Waals surface area contributed by atoms with Crippen molar-refractivity contribution in [2.45, 2.75) is 141 Å². The van der Waals surface area contributed by atoms with Crippen LogP contribution in [-0.2, 0) is 0 Å². The molecule has 0 bridgehead atoms.